The average Bonchev–Trinajstić information content (AvgIpc) is 2.88. The van der Waals surface area contributed by atoms with Crippen LogP contribution in [0.2, 0.25) is 0 Å². The van der Waals surface area contributed by atoms with Crippen LogP contribution in [0, 0.1) is 5.92 Å². The van der Waals surface area contributed by atoms with Gasteiger partial charge < -0.3 is 10.7 Å². The number of rotatable bonds is 4. The van der Waals surface area contributed by atoms with Crippen LogP contribution < -0.4 is 5.73 Å². The Bertz CT molecular complexity index is 567. The number of unbranched alkanes of at least 4 members (excludes halogenated alkanes) is 1. The van der Waals surface area contributed by atoms with Crippen LogP contribution >= 0.6 is 0 Å². The standard InChI is InChI=1S/C16H24N4/c1-2-3-4-11-5-7-12(8-6-11)15-18-13-9-10-14(17)19-16(13)20-15/h9-12H,2-8H2,1H3,(H3,17,18,19,20). The molecule has 0 bridgehead atoms. The van der Waals surface area contributed by atoms with Crippen molar-refractivity contribution in [3.05, 3.63) is 18.0 Å². The van der Waals surface area contributed by atoms with Crippen LogP contribution in [0.5, 0.6) is 0 Å². The van der Waals surface area contributed by atoms with Gasteiger partial charge in [-0.2, -0.15) is 0 Å². The Hall–Kier alpha value is -1.58. The van der Waals surface area contributed by atoms with Gasteiger partial charge in [0.1, 0.15) is 11.6 Å². The zero-order valence-corrected chi connectivity index (χ0v) is 12.2. The first kappa shape index (κ1) is 13.4. The number of fused-ring (bicyclic) bond motifs is 1. The molecule has 1 saturated carbocycles. The summed E-state index contributed by atoms with van der Waals surface area (Å²) in [6.45, 7) is 2.28. The predicted octanol–water partition coefficient (Wildman–Crippen LogP) is 4.00. The highest BCUT2D eigenvalue weighted by Crippen LogP contribution is 2.37. The van der Waals surface area contributed by atoms with E-state index in [1.54, 1.807) is 0 Å². The van der Waals surface area contributed by atoms with Crippen LogP contribution in [0.3, 0.4) is 0 Å². The molecule has 0 aliphatic heterocycles. The number of hydrogen-bond donors (Lipinski definition) is 2. The third kappa shape index (κ3) is 2.79. The number of pyridine rings is 1. The number of aromatic nitrogens is 3. The molecule has 2 heterocycles. The molecule has 1 fully saturated rings. The van der Waals surface area contributed by atoms with Gasteiger partial charge in [-0.15, -0.1) is 0 Å². The van der Waals surface area contributed by atoms with Crippen molar-refractivity contribution < 1.29 is 0 Å². The quantitative estimate of drug-likeness (QED) is 0.883. The van der Waals surface area contributed by atoms with E-state index in [4.69, 9.17) is 5.73 Å². The van der Waals surface area contributed by atoms with Gasteiger partial charge in [0.25, 0.3) is 0 Å². The average molecular weight is 272 g/mol. The van der Waals surface area contributed by atoms with Gasteiger partial charge in [-0.3, -0.25) is 0 Å². The van der Waals surface area contributed by atoms with Crippen LogP contribution in [0.1, 0.15) is 63.6 Å². The van der Waals surface area contributed by atoms with Gasteiger partial charge in [0.2, 0.25) is 0 Å². The zero-order valence-electron chi connectivity index (χ0n) is 12.2. The van der Waals surface area contributed by atoms with Gasteiger partial charge >= 0.3 is 0 Å². The zero-order chi connectivity index (χ0) is 13.9. The monoisotopic (exact) mass is 272 g/mol. The number of imidazole rings is 1. The third-order valence-corrected chi connectivity index (χ3v) is 4.59. The lowest BCUT2D eigenvalue weighted by molar-refractivity contribution is 0.299. The molecule has 1 aliphatic rings. The molecule has 3 N–H and O–H groups in total. The molecule has 4 nitrogen and oxygen atoms in total. The first-order valence-electron chi connectivity index (χ1n) is 7.88. The summed E-state index contributed by atoms with van der Waals surface area (Å²) in [5.41, 5.74) is 7.47. The summed E-state index contributed by atoms with van der Waals surface area (Å²) in [5, 5.41) is 0. The summed E-state index contributed by atoms with van der Waals surface area (Å²) >= 11 is 0. The summed E-state index contributed by atoms with van der Waals surface area (Å²) < 4.78 is 0. The van der Waals surface area contributed by atoms with Gasteiger partial charge in [-0.05, 0) is 43.7 Å². The Morgan fingerprint density at radius 1 is 1.20 bits per heavy atom. The number of hydrogen-bond acceptors (Lipinski definition) is 3. The Balaban J connectivity index is 1.67. The molecule has 0 radical (unpaired) electrons. The maximum absolute atomic E-state index is 5.71. The fourth-order valence-corrected chi connectivity index (χ4v) is 3.34. The molecular formula is C16H24N4. The first-order chi connectivity index (χ1) is 9.76. The summed E-state index contributed by atoms with van der Waals surface area (Å²) in [4.78, 5) is 12.3. The molecule has 0 saturated heterocycles. The summed E-state index contributed by atoms with van der Waals surface area (Å²) in [6.07, 6.45) is 9.29. The van der Waals surface area contributed by atoms with Crippen molar-refractivity contribution in [3.63, 3.8) is 0 Å². The van der Waals surface area contributed by atoms with E-state index in [1.165, 1.54) is 44.9 Å². The van der Waals surface area contributed by atoms with Crippen LogP contribution in [-0.4, -0.2) is 15.0 Å². The van der Waals surface area contributed by atoms with E-state index in [0.29, 0.717) is 11.7 Å². The molecule has 0 amide bonds. The molecule has 0 unspecified atom stereocenters. The van der Waals surface area contributed by atoms with Crippen molar-refractivity contribution in [2.75, 3.05) is 5.73 Å². The van der Waals surface area contributed by atoms with Crippen LogP contribution in [0.4, 0.5) is 5.82 Å². The SMILES string of the molecule is CCCCC1CCC(c2nc3nc(N)ccc3[nH]2)CC1. The van der Waals surface area contributed by atoms with Crippen molar-refractivity contribution in [1.82, 2.24) is 15.0 Å². The van der Waals surface area contributed by atoms with E-state index < -0.39 is 0 Å². The smallest absolute Gasteiger partial charge is 0.179 e. The minimum absolute atomic E-state index is 0.541. The summed E-state index contributed by atoms with van der Waals surface area (Å²) in [6, 6.07) is 3.80. The fourth-order valence-electron chi connectivity index (χ4n) is 3.34. The number of H-pyrrole nitrogens is 1. The minimum Gasteiger partial charge on any atom is -0.384 e. The van der Waals surface area contributed by atoms with E-state index in [-0.39, 0.29) is 0 Å². The second kappa shape index (κ2) is 5.81. The van der Waals surface area contributed by atoms with Gasteiger partial charge in [-0.25, -0.2) is 9.97 Å². The van der Waals surface area contributed by atoms with Crippen LogP contribution in [0.15, 0.2) is 12.1 Å². The summed E-state index contributed by atoms with van der Waals surface area (Å²) in [7, 11) is 0. The maximum atomic E-state index is 5.71. The number of nitrogen functional groups attached to an aromatic ring is 1. The van der Waals surface area contributed by atoms with Crippen molar-refractivity contribution >= 4 is 17.0 Å². The van der Waals surface area contributed by atoms with Gasteiger partial charge in [0, 0.05) is 5.92 Å². The van der Waals surface area contributed by atoms with Crippen LogP contribution in [0.25, 0.3) is 11.2 Å². The largest absolute Gasteiger partial charge is 0.384 e. The lowest BCUT2D eigenvalue weighted by Crippen LogP contribution is -2.14. The molecule has 1 aliphatic carbocycles. The van der Waals surface area contributed by atoms with Gasteiger partial charge in [0.15, 0.2) is 5.65 Å². The highest BCUT2D eigenvalue weighted by Gasteiger charge is 2.24. The van der Waals surface area contributed by atoms with E-state index in [2.05, 4.69) is 21.9 Å². The lowest BCUT2D eigenvalue weighted by Gasteiger charge is -2.27. The molecular weight excluding hydrogens is 248 g/mol. The topological polar surface area (TPSA) is 67.6 Å². The number of aromatic amines is 1. The Morgan fingerprint density at radius 3 is 2.75 bits per heavy atom. The molecule has 3 rings (SSSR count). The molecule has 2 aromatic rings. The van der Waals surface area contributed by atoms with E-state index in [9.17, 15) is 0 Å². The number of nitrogens with zero attached hydrogens (tertiary/aromatic N) is 2. The Kier molecular flexibility index (Phi) is 3.90. The van der Waals surface area contributed by atoms with E-state index in [0.717, 1.165) is 22.9 Å². The van der Waals surface area contributed by atoms with E-state index in [1.807, 2.05) is 12.1 Å². The molecule has 0 atom stereocenters. The van der Waals surface area contributed by atoms with Crippen LogP contribution in [-0.2, 0) is 0 Å². The second-order valence-electron chi connectivity index (χ2n) is 6.09. The van der Waals surface area contributed by atoms with Gasteiger partial charge in [-0.1, -0.05) is 26.2 Å². The Morgan fingerprint density at radius 2 is 2.00 bits per heavy atom. The van der Waals surface area contributed by atoms with Crippen molar-refractivity contribution in [2.24, 2.45) is 5.92 Å². The van der Waals surface area contributed by atoms with Gasteiger partial charge in [0.05, 0.1) is 5.52 Å². The highest BCUT2D eigenvalue weighted by atomic mass is 15.0. The van der Waals surface area contributed by atoms with Crippen molar-refractivity contribution in [1.29, 1.82) is 0 Å². The molecule has 4 heteroatoms. The van der Waals surface area contributed by atoms with E-state index >= 15 is 0 Å². The number of anilines is 1. The van der Waals surface area contributed by atoms with Crippen molar-refractivity contribution in [2.45, 2.75) is 57.8 Å². The second-order valence-corrected chi connectivity index (χ2v) is 6.09. The molecule has 20 heavy (non-hydrogen) atoms. The highest BCUT2D eigenvalue weighted by molar-refractivity contribution is 5.72. The number of nitrogens with two attached hydrogens (primary N) is 1. The van der Waals surface area contributed by atoms with Crippen molar-refractivity contribution in [3.8, 4) is 0 Å². The molecule has 2 aromatic heterocycles. The first-order valence-corrected chi connectivity index (χ1v) is 7.88. The fraction of sp³-hybridized carbons (Fsp3) is 0.625. The lowest BCUT2D eigenvalue weighted by atomic mass is 9.79. The minimum atomic E-state index is 0.541. The Labute approximate surface area is 120 Å². The predicted molar refractivity (Wildman–Crippen MR) is 82.5 cm³/mol. The normalized spacial score (nSPS) is 23.2. The summed E-state index contributed by atoms with van der Waals surface area (Å²) in [5.74, 6) is 3.15. The molecule has 0 spiro atoms. The maximum Gasteiger partial charge on any atom is 0.179 e. The molecule has 108 valence electrons. The molecule has 0 aromatic carbocycles. The number of nitrogens with one attached hydrogen (secondary N) is 1. The third-order valence-electron chi connectivity index (χ3n) is 4.59.